The van der Waals surface area contributed by atoms with Gasteiger partial charge in [-0.15, -0.1) is 0 Å². The average molecular weight is 747 g/mol. The molecule has 0 saturated carbocycles. The van der Waals surface area contributed by atoms with Crippen LogP contribution < -0.4 is 5.32 Å². The zero-order valence-corrected chi connectivity index (χ0v) is 33.5. The first kappa shape index (κ1) is 34.9. The number of fused-ring (bicyclic) bond motifs is 6. The van der Waals surface area contributed by atoms with Crippen LogP contribution in [0.2, 0.25) is 0 Å². The normalized spacial score (nSPS) is 23.5. The highest BCUT2D eigenvalue weighted by molar-refractivity contribution is 8.35. The van der Waals surface area contributed by atoms with Gasteiger partial charge in [-0.3, -0.25) is 4.57 Å². The standard InChI is InChI=1S/C49H54N4OS/c1-55(2,3)38-24-22-37(23-25-38)52-46-19-12-28-54-32-42(46)41-27-21-35(29-47(41)52)36-20-26-40-39-17-10-11-18-45(39)53(48(40)30-36)49-50-43(33-13-6-4-7-14-33)31-44(51-49)34-15-8-5-9-16-34/h6,10-13,15,17-22,24,26-27,29-30,33,43-44H,4-5,7-9,14,16,23,25,28,31-32H2,1-3H3,(H,50,51). The number of aliphatic imine (C=N–C) groups is 1. The Morgan fingerprint density at radius 3 is 2.36 bits per heavy atom. The van der Waals surface area contributed by atoms with Crippen LogP contribution in [0.1, 0.15) is 75.5 Å². The Kier molecular flexibility index (Phi) is 9.02. The Bertz CT molecular complexity index is 2510. The summed E-state index contributed by atoms with van der Waals surface area (Å²) in [6.07, 6.45) is 35.8. The number of allylic oxidation sites excluding steroid dienone is 6. The number of para-hydroxylation sites is 1. The number of aromatic nitrogens is 2. The zero-order chi connectivity index (χ0) is 37.1. The second-order valence-corrected chi connectivity index (χ2v) is 21.3. The molecule has 4 heterocycles. The highest BCUT2D eigenvalue weighted by Crippen LogP contribution is 2.49. The molecule has 0 fully saturated rings. The monoisotopic (exact) mass is 746 g/mol. The molecule has 6 heteroatoms. The summed E-state index contributed by atoms with van der Waals surface area (Å²) in [6, 6.07) is 23.7. The number of nitrogens with one attached hydrogen (secondary N) is 1. The predicted molar refractivity (Wildman–Crippen MR) is 237 cm³/mol. The van der Waals surface area contributed by atoms with E-state index in [1.54, 1.807) is 10.5 Å². The Hall–Kier alpha value is -4.52. The molecule has 0 radical (unpaired) electrons. The molecule has 0 bridgehead atoms. The Balaban J connectivity index is 1.12. The van der Waals surface area contributed by atoms with Crippen molar-refractivity contribution < 1.29 is 4.74 Å². The summed E-state index contributed by atoms with van der Waals surface area (Å²) in [7, 11) is -0.732. The summed E-state index contributed by atoms with van der Waals surface area (Å²) < 4.78 is 11.1. The van der Waals surface area contributed by atoms with Crippen molar-refractivity contribution >= 4 is 60.5 Å². The van der Waals surface area contributed by atoms with E-state index in [0.717, 1.165) is 25.2 Å². The highest BCUT2D eigenvalue weighted by Gasteiger charge is 2.33. The summed E-state index contributed by atoms with van der Waals surface area (Å²) in [4.78, 5) is 7.21. The van der Waals surface area contributed by atoms with Crippen molar-refractivity contribution in [1.29, 1.82) is 0 Å². The van der Waals surface area contributed by atoms with Crippen LogP contribution in [0.4, 0.5) is 0 Å². The third-order valence-corrected chi connectivity index (χ3v) is 14.8. The van der Waals surface area contributed by atoms with Crippen LogP contribution in [0.25, 0.3) is 55.6 Å². The van der Waals surface area contributed by atoms with Crippen LogP contribution in [0.3, 0.4) is 0 Å². The molecule has 3 atom stereocenters. The van der Waals surface area contributed by atoms with Gasteiger partial charge < -0.3 is 14.6 Å². The fourth-order valence-electron chi connectivity index (χ4n) is 9.94. The molecule has 3 unspecified atom stereocenters. The second kappa shape index (κ2) is 14.2. The van der Waals surface area contributed by atoms with Crippen LogP contribution in [-0.2, 0) is 11.3 Å². The molecule has 2 aliphatic heterocycles. The quantitative estimate of drug-likeness (QED) is 0.182. The minimum atomic E-state index is -0.732. The summed E-state index contributed by atoms with van der Waals surface area (Å²) in [5, 5.41) is 7.88. The van der Waals surface area contributed by atoms with Gasteiger partial charge in [0.1, 0.15) is 0 Å². The van der Waals surface area contributed by atoms with E-state index < -0.39 is 10.0 Å². The molecule has 0 spiro atoms. The van der Waals surface area contributed by atoms with Gasteiger partial charge in [-0.1, -0.05) is 72.8 Å². The number of ether oxygens (including phenoxy) is 1. The molecule has 3 aliphatic carbocycles. The first-order valence-corrected chi connectivity index (χ1v) is 23.5. The molecular formula is C49H54N4OS. The molecule has 10 rings (SSSR count). The first-order chi connectivity index (χ1) is 26.9. The van der Waals surface area contributed by atoms with E-state index in [9.17, 15) is 0 Å². The summed E-state index contributed by atoms with van der Waals surface area (Å²) >= 11 is 0. The topological polar surface area (TPSA) is 43.5 Å². The van der Waals surface area contributed by atoms with E-state index in [1.807, 2.05) is 0 Å². The van der Waals surface area contributed by atoms with Crippen LogP contribution >= 0.6 is 10.0 Å². The van der Waals surface area contributed by atoms with Crippen LogP contribution in [0.5, 0.6) is 0 Å². The van der Waals surface area contributed by atoms with E-state index in [0.29, 0.717) is 25.2 Å². The van der Waals surface area contributed by atoms with Crippen molar-refractivity contribution in [3.8, 4) is 11.1 Å². The fraction of sp³-hybridized carbons (Fsp3) is 0.367. The number of nitrogens with zero attached hydrogens (tertiary/aromatic N) is 3. The largest absolute Gasteiger partial charge is 0.373 e. The van der Waals surface area contributed by atoms with Gasteiger partial charge in [0.15, 0.2) is 0 Å². The van der Waals surface area contributed by atoms with Gasteiger partial charge in [0.25, 0.3) is 0 Å². The first-order valence-electron chi connectivity index (χ1n) is 20.6. The molecule has 0 saturated heterocycles. The van der Waals surface area contributed by atoms with Crippen molar-refractivity contribution in [1.82, 2.24) is 14.5 Å². The van der Waals surface area contributed by atoms with E-state index in [1.165, 1.54) is 106 Å². The number of benzene rings is 3. The molecule has 5 nitrogen and oxygen atoms in total. The predicted octanol–water partition coefficient (Wildman–Crippen LogP) is 12.0. The molecular weight excluding hydrogens is 693 g/mol. The van der Waals surface area contributed by atoms with Crippen molar-refractivity contribution in [2.45, 2.75) is 82.9 Å². The summed E-state index contributed by atoms with van der Waals surface area (Å²) in [5.74, 6) is 1.53. The number of hydrogen-bond acceptors (Lipinski definition) is 3. The maximum absolute atomic E-state index is 6.09. The van der Waals surface area contributed by atoms with Gasteiger partial charge in [-0.25, -0.2) is 15.0 Å². The van der Waals surface area contributed by atoms with E-state index >= 15 is 0 Å². The number of rotatable bonds is 5. The van der Waals surface area contributed by atoms with Crippen LogP contribution in [-0.4, -0.2) is 52.6 Å². The fourth-order valence-corrected chi connectivity index (χ4v) is 11.1. The summed E-state index contributed by atoms with van der Waals surface area (Å²) in [6.45, 7) is 1.28. The lowest BCUT2D eigenvalue weighted by Crippen LogP contribution is -2.49. The van der Waals surface area contributed by atoms with Crippen molar-refractivity contribution in [3.05, 3.63) is 119 Å². The molecule has 282 valence electrons. The lowest BCUT2D eigenvalue weighted by atomic mass is 9.82. The Labute approximate surface area is 327 Å². The highest BCUT2D eigenvalue weighted by atomic mass is 32.3. The maximum atomic E-state index is 6.09. The van der Waals surface area contributed by atoms with Gasteiger partial charge in [-0.2, -0.15) is 0 Å². The van der Waals surface area contributed by atoms with Gasteiger partial charge in [0, 0.05) is 33.5 Å². The lowest BCUT2D eigenvalue weighted by Gasteiger charge is -2.36. The zero-order valence-electron chi connectivity index (χ0n) is 32.7. The lowest BCUT2D eigenvalue weighted by molar-refractivity contribution is 0.151. The average Bonchev–Trinajstić information content (AvgIpc) is 3.60. The molecule has 55 heavy (non-hydrogen) atoms. The van der Waals surface area contributed by atoms with Crippen LogP contribution in [0.15, 0.2) is 113 Å². The molecule has 2 aromatic heterocycles. The van der Waals surface area contributed by atoms with Gasteiger partial charge in [-0.05, 0) is 141 Å². The molecule has 0 amide bonds. The summed E-state index contributed by atoms with van der Waals surface area (Å²) in [5.41, 5.74) is 11.6. The number of hydrogen-bond donors (Lipinski definition) is 1. The smallest absolute Gasteiger partial charge is 0.204 e. The minimum absolute atomic E-state index is 0.226. The molecule has 5 aliphatic rings. The van der Waals surface area contributed by atoms with E-state index in [2.05, 4.69) is 136 Å². The van der Waals surface area contributed by atoms with Gasteiger partial charge >= 0.3 is 0 Å². The van der Waals surface area contributed by atoms with E-state index in [-0.39, 0.29) is 6.04 Å². The molecule has 3 aromatic carbocycles. The Morgan fingerprint density at radius 1 is 0.782 bits per heavy atom. The van der Waals surface area contributed by atoms with Gasteiger partial charge in [0.05, 0.1) is 41.5 Å². The maximum Gasteiger partial charge on any atom is 0.204 e. The van der Waals surface area contributed by atoms with Crippen molar-refractivity contribution in [3.63, 3.8) is 0 Å². The Morgan fingerprint density at radius 2 is 1.60 bits per heavy atom. The van der Waals surface area contributed by atoms with E-state index in [4.69, 9.17) is 9.73 Å². The van der Waals surface area contributed by atoms with Gasteiger partial charge in [0.2, 0.25) is 5.96 Å². The van der Waals surface area contributed by atoms with Crippen molar-refractivity contribution in [2.75, 3.05) is 25.4 Å². The second-order valence-electron chi connectivity index (χ2n) is 17.1. The minimum Gasteiger partial charge on any atom is -0.373 e. The third-order valence-electron chi connectivity index (χ3n) is 12.9. The van der Waals surface area contributed by atoms with Crippen LogP contribution in [0, 0.1) is 5.92 Å². The van der Waals surface area contributed by atoms with Crippen molar-refractivity contribution in [2.24, 2.45) is 10.9 Å². The SMILES string of the molecule is CS(C)(C)C1=CC=C(n2c3c(c4ccc(-c5ccc6c7ccccc7n(C7=NC(C8=CCCCC8)CC(C8C=CCCC8)N7)c6c5)cc42)COCC=C3)CC1. The third kappa shape index (κ3) is 6.36. The molecule has 1 N–H and O–H groups in total. The molecule has 5 aromatic rings.